The van der Waals surface area contributed by atoms with E-state index in [4.69, 9.17) is 10.5 Å². The van der Waals surface area contributed by atoms with E-state index in [1.807, 2.05) is 0 Å². The molecule has 7 heteroatoms. The Bertz CT molecular complexity index is 448. The summed E-state index contributed by atoms with van der Waals surface area (Å²) >= 11 is 0. The summed E-state index contributed by atoms with van der Waals surface area (Å²) in [5.41, 5.74) is 6.20. The summed E-state index contributed by atoms with van der Waals surface area (Å²) in [6.07, 6.45) is 4.84. The highest BCUT2D eigenvalue weighted by atomic mass is 16.5. The first-order valence-electron chi connectivity index (χ1n) is 6.38. The largest absolute Gasteiger partial charge is 0.479 e. The molecule has 1 saturated carbocycles. The van der Waals surface area contributed by atoms with Gasteiger partial charge in [-0.2, -0.15) is 4.98 Å². The van der Waals surface area contributed by atoms with Gasteiger partial charge in [-0.25, -0.2) is 4.98 Å². The molecule has 1 aromatic rings. The molecule has 1 aliphatic carbocycles. The molecule has 0 aliphatic heterocycles. The third-order valence-electron chi connectivity index (χ3n) is 2.86. The Kier molecular flexibility index (Phi) is 4.38. The molecule has 0 aromatic carbocycles. The first kappa shape index (κ1) is 13.4. The second kappa shape index (κ2) is 6.21. The summed E-state index contributed by atoms with van der Waals surface area (Å²) in [6, 6.07) is 0.419. The molecule has 104 valence electrons. The molecule has 7 nitrogen and oxygen atoms in total. The molecule has 4 N–H and O–H groups in total. The summed E-state index contributed by atoms with van der Waals surface area (Å²) in [6.45, 7) is 0.627. The lowest BCUT2D eigenvalue weighted by atomic mass is 10.3. The van der Waals surface area contributed by atoms with Crippen molar-refractivity contribution in [2.75, 3.05) is 24.7 Å². The lowest BCUT2D eigenvalue weighted by Gasteiger charge is -2.09. The predicted molar refractivity (Wildman–Crippen MR) is 71.9 cm³/mol. The van der Waals surface area contributed by atoms with Crippen LogP contribution in [0.5, 0.6) is 5.88 Å². The van der Waals surface area contributed by atoms with Crippen LogP contribution in [0.25, 0.3) is 0 Å². The number of methoxy groups -OCH3 is 1. The second-order valence-corrected chi connectivity index (χ2v) is 4.52. The van der Waals surface area contributed by atoms with Gasteiger partial charge in [0.15, 0.2) is 5.82 Å². The fourth-order valence-corrected chi connectivity index (χ4v) is 1.67. The van der Waals surface area contributed by atoms with Gasteiger partial charge in [0.1, 0.15) is 12.0 Å². The Labute approximate surface area is 111 Å². The highest BCUT2D eigenvalue weighted by molar-refractivity contribution is 5.76. The van der Waals surface area contributed by atoms with E-state index in [0.29, 0.717) is 36.4 Å². The fraction of sp³-hybridized carbons (Fsp3) is 0.583. The maximum absolute atomic E-state index is 11.5. The first-order chi connectivity index (χ1) is 9.20. The Morgan fingerprint density at radius 3 is 3.00 bits per heavy atom. The number of anilines is 2. The van der Waals surface area contributed by atoms with E-state index in [-0.39, 0.29) is 5.91 Å². The fourth-order valence-electron chi connectivity index (χ4n) is 1.67. The first-order valence-corrected chi connectivity index (χ1v) is 6.38. The van der Waals surface area contributed by atoms with E-state index >= 15 is 0 Å². The van der Waals surface area contributed by atoms with Crippen LogP contribution in [0, 0.1) is 0 Å². The van der Waals surface area contributed by atoms with Crippen LogP contribution in [-0.4, -0.2) is 35.6 Å². The molecule has 0 unspecified atom stereocenters. The van der Waals surface area contributed by atoms with Gasteiger partial charge in [-0.3, -0.25) is 4.79 Å². The minimum Gasteiger partial charge on any atom is -0.479 e. The van der Waals surface area contributed by atoms with E-state index in [9.17, 15) is 4.79 Å². The zero-order chi connectivity index (χ0) is 13.7. The monoisotopic (exact) mass is 265 g/mol. The Morgan fingerprint density at radius 1 is 1.53 bits per heavy atom. The number of carbonyl (C=O) groups excluding carboxylic acids is 1. The van der Waals surface area contributed by atoms with Crippen molar-refractivity contribution >= 4 is 17.4 Å². The average molecular weight is 265 g/mol. The van der Waals surface area contributed by atoms with Crippen LogP contribution in [0.3, 0.4) is 0 Å². The maximum Gasteiger partial charge on any atom is 0.242 e. The van der Waals surface area contributed by atoms with Crippen molar-refractivity contribution in [2.24, 2.45) is 0 Å². The summed E-state index contributed by atoms with van der Waals surface area (Å²) in [5.74, 6) is 0.996. The zero-order valence-electron chi connectivity index (χ0n) is 11.0. The van der Waals surface area contributed by atoms with E-state index in [2.05, 4.69) is 20.6 Å². The van der Waals surface area contributed by atoms with Gasteiger partial charge in [0.2, 0.25) is 11.8 Å². The highest BCUT2D eigenvalue weighted by Crippen LogP contribution is 2.23. The summed E-state index contributed by atoms with van der Waals surface area (Å²) in [7, 11) is 1.50. The van der Waals surface area contributed by atoms with Crippen LogP contribution in [0.1, 0.15) is 25.7 Å². The van der Waals surface area contributed by atoms with E-state index in [1.54, 1.807) is 0 Å². The normalized spacial score (nSPS) is 13.9. The molecule has 0 saturated heterocycles. The number of nitrogens with one attached hydrogen (secondary N) is 2. The van der Waals surface area contributed by atoms with Crippen molar-refractivity contribution in [3.63, 3.8) is 0 Å². The lowest BCUT2D eigenvalue weighted by molar-refractivity contribution is -0.121. The number of nitrogens with two attached hydrogens (primary N) is 1. The van der Waals surface area contributed by atoms with Crippen LogP contribution < -0.4 is 21.1 Å². The average Bonchev–Trinajstić information content (AvgIpc) is 3.20. The minimum atomic E-state index is 0.109. The van der Waals surface area contributed by atoms with Gasteiger partial charge in [-0.1, -0.05) is 0 Å². The van der Waals surface area contributed by atoms with Gasteiger partial charge in [-0.05, 0) is 19.3 Å². The van der Waals surface area contributed by atoms with Crippen molar-refractivity contribution in [2.45, 2.75) is 31.7 Å². The molecular formula is C12H19N5O2. The standard InChI is InChI=1S/C12H19N5O2/c1-19-12-10(13)11(15-7-16-12)14-6-2-3-9(18)17-8-4-5-8/h7-8H,2-6,13H2,1H3,(H,17,18)(H,14,15,16). The van der Waals surface area contributed by atoms with Crippen molar-refractivity contribution in [1.82, 2.24) is 15.3 Å². The lowest BCUT2D eigenvalue weighted by Crippen LogP contribution is -2.25. The number of carbonyl (C=O) groups is 1. The van der Waals surface area contributed by atoms with Gasteiger partial charge < -0.3 is 21.1 Å². The maximum atomic E-state index is 11.5. The highest BCUT2D eigenvalue weighted by Gasteiger charge is 2.22. The Hall–Kier alpha value is -2.05. The third kappa shape index (κ3) is 3.97. The van der Waals surface area contributed by atoms with Crippen LogP contribution in [0.15, 0.2) is 6.33 Å². The SMILES string of the molecule is COc1ncnc(NCCCC(=O)NC2CC2)c1N. The van der Waals surface area contributed by atoms with Crippen molar-refractivity contribution in [3.8, 4) is 5.88 Å². The summed E-state index contributed by atoms with van der Waals surface area (Å²) in [4.78, 5) is 19.4. The van der Waals surface area contributed by atoms with E-state index in [0.717, 1.165) is 19.3 Å². The van der Waals surface area contributed by atoms with Crippen molar-refractivity contribution in [3.05, 3.63) is 6.33 Å². The molecule has 19 heavy (non-hydrogen) atoms. The Balaban J connectivity index is 1.71. The van der Waals surface area contributed by atoms with E-state index in [1.165, 1.54) is 13.4 Å². The van der Waals surface area contributed by atoms with Crippen molar-refractivity contribution in [1.29, 1.82) is 0 Å². The third-order valence-corrected chi connectivity index (χ3v) is 2.86. The number of hydrogen-bond donors (Lipinski definition) is 3. The number of hydrogen-bond acceptors (Lipinski definition) is 6. The molecule has 0 atom stereocenters. The number of amides is 1. The van der Waals surface area contributed by atoms with Crippen LogP contribution in [0.2, 0.25) is 0 Å². The molecule has 2 rings (SSSR count). The number of ether oxygens (including phenoxy) is 1. The van der Waals surface area contributed by atoms with Crippen LogP contribution >= 0.6 is 0 Å². The van der Waals surface area contributed by atoms with Crippen molar-refractivity contribution < 1.29 is 9.53 Å². The molecule has 1 fully saturated rings. The Morgan fingerprint density at radius 2 is 2.32 bits per heavy atom. The number of rotatable bonds is 7. The van der Waals surface area contributed by atoms with Gasteiger partial charge in [-0.15, -0.1) is 0 Å². The molecule has 0 radical (unpaired) electrons. The number of nitrogens with zero attached hydrogens (tertiary/aromatic N) is 2. The second-order valence-electron chi connectivity index (χ2n) is 4.52. The van der Waals surface area contributed by atoms with Crippen LogP contribution in [-0.2, 0) is 4.79 Å². The van der Waals surface area contributed by atoms with Gasteiger partial charge in [0, 0.05) is 19.0 Å². The van der Waals surface area contributed by atoms with Gasteiger partial charge in [0.05, 0.1) is 7.11 Å². The topological polar surface area (TPSA) is 102 Å². The molecule has 1 aromatic heterocycles. The molecule has 1 amide bonds. The number of nitrogen functional groups attached to an aromatic ring is 1. The molecule has 1 heterocycles. The van der Waals surface area contributed by atoms with E-state index < -0.39 is 0 Å². The molecule has 0 bridgehead atoms. The summed E-state index contributed by atoms with van der Waals surface area (Å²) < 4.78 is 5.00. The zero-order valence-corrected chi connectivity index (χ0v) is 11.0. The molecular weight excluding hydrogens is 246 g/mol. The quantitative estimate of drug-likeness (QED) is 0.622. The number of aromatic nitrogens is 2. The van der Waals surface area contributed by atoms with Gasteiger partial charge >= 0.3 is 0 Å². The van der Waals surface area contributed by atoms with Crippen LogP contribution in [0.4, 0.5) is 11.5 Å². The summed E-state index contributed by atoms with van der Waals surface area (Å²) in [5, 5.41) is 6.02. The molecule has 1 aliphatic rings. The molecule has 0 spiro atoms. The van der Waals surface area contributed by atoms with Gasteiger partial charge in [0.25, 0.3) is 0 Å². The predicted octanol–water partition coefficient (Wildman–Crippen LogP) is 0.538. The minimum absolute atomic E-state index is 0.109. The smallest absolute Gasteiger partial charge is 0.242 e.